The summed E-state index contributed by atoms with van der Waals surface area (Å²) < 4.78 is 30.0. The van der Waals surface area contributed by atoms with Gasteiger partial charge < -0.3 is 10.1 Å². The number of hydrogen-bond acceptors (Lipinski definition) is 3. The first-order valence-electron chi connectivity index (χ1n) is 11.3. The Balaban J connectivity index is 1.65. The first-order valence-corrected chi connectivity index (χ1v) is 9.68. The second-order valence-corrected chi connectivity index (χ2v) is 7.51. The number of esters is 1. The average Bonchev–Trinajstić information content (AvgIpc) is 2.70. The maximum Gasteiger partial charge on any atom is 0.338 e. The molecule has 3 nitrogen and oxygen atoms in total. The summed E-state index contributed by atoms with van der Waals surface area (Å²) in [4.78, 5) is 12.5. The maximum atomic E-state index is 12.5. The van der Waals surface area contributed by atoms with E-state index in [2.05, 4.69) is 23.5 Å². The Morgan fingerprint density at radius 3 is 1.90 bits per heavy atom. The number of carbonyl (C=O) groups excluding carboxylic acids is 1. The fourth-order valence-electron chi connectivity index (χ4n) is 3.36. The van der Waals surface area contributed by atoms with Crippen molar-refractivity contribution in [1.82, 2.24) is 5.32 Å². The first-order chi connectivity index (χ1) is 15.0. The van der Waals surface area contributed by atoms with Gasteiger partial charge in [0.2, 0.25) is 0 Å². The summed E-state index contributed by atoms with van der Waals surface area (Å²) in [5.74, 6) is -0.709. The average molecular weight is 391 g/mol. The molecule has 0 fully saturated rings. The molecule has 0 amide bonds. The molecule has 3 heteroatoms. The lowest BCUT2D eigenvalue weighted by Crippen LogP contribution is -2.13. The van der Waals surface area contributed by atoms with E-state index < -0.39 is 19.0 Å². The van der Waals surface area contributed by atoms with Crippen LogP contribution in [0.3, 0.4) is 0 Å². The molecule has 29 heavy (non-hydrogen) atoms. The molecule has 1 unspecified atom stereocenters. The molecule has 0 aliphatic heterocycles. The monoisotopic (exact) mass is 390 g/mol. The lowest BCUT2D eigenvalue weighted by atomic mass is 10.1. The molecular formula is C26H29NO2. The zero-order chi connectivity index (χ0) is 23.5. The predicted octanol–water partition coefficient (Wildman–Crippen LogP) is 5.57. The van der Waals surface area contributed by atoms with Crippen LogP contribution in [0.15, 0.2) is 60.7 Å². The molecule has 150 valence electrons. The lowest BCUT2D eigenvalue weighted by molar-refractivity contribution is 0.0472. The van der Waals surface area contributed by atoms with Gasteiger partial charge in [-0.3, -0.25) is 0 Å². The minimum absolute atomic E-state index is 0.223. The van der Waals surface area contributed by atoms with Crippen molar-refractivity contribution in [3.05, 3.63) is 105 Å². The van der Waals surface area contributed by atoms with Crippen LogP contribution in [0.2, 0.25) is 0 Å². The minimum atomic E-state index is -2.28. The molecule has 0 heterocycles. The van der Waals surface area contributed by atoms with Gasteiger partial charge in [0.25, 0.3) is 0 Å². The van der Waals surface area contributed by atoms with Crippen LogP contribution in [0.1, 0.15) is 53.4 Å². The van der Waals surface area contributed by atoms with E-state index in [-0.39, 0.29) is 5.56 Å². The molecule has 0 bridgehead atoms. The van der Waals surface area contributed by atoms with E-state index in [0.717, 1.165) is 16.7 Å². The van der Waals surface area contributed by atoms with Gasteiger partial charge in [-0.05, 0) is 56.5 Å². The standard InChI is InChI=1S/C26H29NO2/c1-18-9-19(2)12-24(11-18)16-27-15-22-5-7-23(8-6-22)17-29-26(28)25-13-20(3)10-21(4)14-25/h5-14,27H,15-17H2,1-4H3/i15D,17D2. The van der Waals surface area contributed by atoms with E-state index in [1.807, 2.05) is 33.8 Å². The molecule has 0 aliphatic carbocycles. The van der Waals surface area contributed by atoms with Crippen LogP contribution in [0.25, 0.3) is 0 Å². The molecule has 0 aliphatic rings. The van der Waals surface area contributed by atoms with Crippen molar-refractivity contribution in [1.29, 1.82) is 0 Å². The number of ether oxygens (including phenoxy) is 1. The summed E-state index contributed by atoms with van der Waals surface area (Å²) in [5, 5.41) is 3.18. The van der Waals surface area contributed by atoms with E-state index in [1.165, 1.54) is 11.1 Å². The second-order valence-electron chi connectivity index (χ2n) is 7.51. The molecule has 3 rings (SSSR count). The highest BCUT2D eigenvalue weighted by molar-refractivity contribution is 5.89. The molecule has 1 atom stereocenters. The highest BCUT2D eigenvalue weighted by Crippen LogP contribution is 2.13. The third kappa shape index (κ3) is 6.30. The Labute approximate surface area is 178 Å². The molecule has 3 aromatic rings. The summed E-state index contributed by atoms with van der Waals surface area (Å²) in [5.41, 5.74) is 6.56. The van der Waals surface area contributed by atoms with Crippen molar-refractivity contribution in [3.8, 4) is 0 Å². The van der Waals surface area contributed by atoms with Gasteiger partial charge in [0.15, 0.2) is 0 Å². The second kappa shape index (κ2) is 9.53. The predicted molar refractivity (Wildman–Crippen MR) is 118 cm³/mol. The molecule has 0 radical (unpaired) electrons. The molecule has 0 saturated carbocycles. The van der Waals surface area contributed by atoms with Crippen LogP contribution < -0.4 is 5.32 Å². The van der Waals surface area contributed by atoms with Crippen LogP contribution in [0.5, 0.6) is 0 Å². The van der Waals surface area contributed by atoms with E-state index >= 15 is 0 Å². The van der Waals surface area contributed by atoms with Gasteiger partial charge in [-0.15, -0.1) is 0 Å². The highest BCUT2D eigenvalue weighted by Gasteiger charge is 2.08. The van der Waals surface area contributed by atoms with Gasteiger partial charge in [-0.1, -0.05) is 70.8 Å². The van der Waals surface area contributed by atoms with Crippen molar-refractivity contribution >= 4 is 5.97 Å². The smallest absolute Gasteiger partial charge is 0.338 e. The van der Waals surface area contributed by atoms with Crippen molar-refractivity contribution in [2.45, 2.75) is 47.3 Å². The summed E-state index contributed by atoms with van der Waals surface area (Å²) in [6.07, 6.45) is 0. The molecular weight excluding hydrogens is 358 g/mol. The van der Waals surface area contributed by atoms with E-state index in [0.29, 0.717) is 17.7 Å². The van der Waals surface area contributed by atoms with E-state index in [4.69, 9.17) is 8.85 Å². The number of aryl methyl sites for hydroxylation is 4. The third-order valence-corrected chi connectivity index (χ3v) is 4.49. The van der Waals surface area contributed by atoms with Gasteiger partial charge in [0.1, 0.15) is 6.56 Å². The maximum absolute atomic E-state index is 12.5. The zero-order valence-electron chi connectivity index (χ0n) is 20.4. The largest absolute Gasteiger partial charge is 0.457 e. The molecule has 0 saturated heterocycles. The first kappa shape index (κ1) is 17.0. The van der Waals surface area contributed by atoms with Gasteiger partial charge in [-0.2, -0.15) is 0 Å². The van der Waals surface area contributed by atoms with Crippen LogP contribution >= 0.6 is 0 Å². The van der Waals surface area contributed by atoms with Crippen LogP contribution in [-0.2, 0) is 24.4 Å². The summed E-state index contributed by atoms with van der Waals surface area (Å²) >= 11 is 0. The Morgan fingerprint density at radius 1 is 0.793 bits per heavy atom. The number of hydrogen-bond donors (Lipinski definition) is 1. The third-order valence-electron chi connectivity index (χ3n) is 4.49. The quantitative estimate of drug-likeness (QED) is 0.536. The molecule has 1 N–H and O–H groups in total. The Morgan fingerprint density at radius 2 is 1.31 bits per heavy atom. The number of rotatable bonds is 7. The van der Waals surface area contributed by atoms with Crippen molar-refractivity contribution in [3.63, 3.8) is 0 Å². The fraction of sp³-hybridized carbons (Fsp3) is 0.269. The number of nitrogens with one attached hydrogen (secondary N) is 1. The van der Waals surface area contributed by atoms with E-state index in [9.17, 15) is 4.79 Å². The molecule has 0 spiro atoms. The van der Waals surface area contributed by atoms with Crippen LogP contribution in [0, 0.1) is 27.7 Å². The van der Waals surface area contributed by atoms with Crippen molar-refractivity contribution in [2.24, 2.45) is 0 Å². The van der Waals surface area contributed by atoms with Gasteiger partial charge in [0.05, 0.1) is 8.30 Å². The minimum Gasteiger partial charge on any atom is -0.457 e. The Bertz CT molecular complexity index is 1070. The van der Waals surface area contributed by atoms with Crippen molar-refractivity contribution < 1.29 is 13.6 Å². The van der Waals surface area contributed by atoms with Crippen LogP contribution in [-0.4, -0.2) is 5.97 Å². The van der Waals surface area contributed by atoms with Crippen LogP contribution in [0.4, 0.5) is 0 Å². The summed E-state index contributed by atoms with van der Waals surface area (Å²) in [6, 6.07) is 18.1. The SMILES string of the molecule is [2H]C(NCc1cc(C)cc(C)c1)c1ccc(C([2H])([2H])OC(=O)c2cc(C)cc(C)c2)cc1. The normalized spacial score (nSPS) is 13.9. The molecule has 3 aromatic carbocycles. The summed E-state index contributed by atoms with van der Waals surface area (Å²) in [6.45, 7) is 5.48. The summed E-state index contributed by atoms with van der Waals surface area (Å²) in [7, 11) is 0. The lowest BCUT2D eigenvalue weighted by Gasteiger charge is -2.09. The number of benzene rings is 3. The fourth-order valence-corrected chi connectivity index (χ4v) is 3.36. The van der Waals surface area contributed by atoms with Crippen molar-refractivity contribution in [2.75, 3.05) is 0 Å². The van der Waals surface area contributed by atoms with Gasteiger partial charge >= 0.3 is 5.97 Å². The Hall–Kier alpha value is -2.91. The molecule has 0 aromatic heterocycles. The van der Waals surface area contributed by atoms with E-state index in [1.54, 1.807) is 36.4 Å². The zero-order valence-corrected chi connectivity index (χ0v) is 17.4. The van der Waals surface area contributed by atoms with Gasteiger partial charge in [0, 0.05) is 14.4 Å². The van der Waals surface area contributed by atoms with Gasteiger partial charge in [-0.25, -0.2) is 4.79 Å². The number of carbonyl (C=O) groups is 1. The highest BCUT2D eigenvalue weighted by atomic mass is 16.5. The Kier molecular flexibility index (Phi) is 5.58. The topological polar surface area (TPSA) is 38.3 Å².